The molecule has 0 aliphatic carbocycles. The summed E-state index contributed by atoms with van der Waals surface area (Å²) >= 11 is 0. The molecule has 3 aromatic heterocycles. The molecule has 3 unspecified atom stereocenters. The largest absolute Gasteiger partial charge is 0.481 e. The number of hydrogen-bond donors (Lipinski definition) is 8. The summed E-state index contributed by atoms with van der Waals surface area (Å²) in [6.07, 6.45) is 6.40. The lowest BCUT2D eigenvalue weighted by molar-refractivity contribution is -0.139. The summed E-state index contributed by atoms with van der Waals surface area (Å²) in [6, 6.07) is 13.8. The summed E-state index contributed by atoms with van der Waals surface area (Å²) in [6.45, 7) is 3.00. The number of nitrogens with zero attached hydrogens (tertiary/aromatic N) is 8. The average Bonchev–Trinajstić information content (AvgIpc) is 3.53. The molecule has 6 aliphatic heterocycles. The number of fused-ring (bicyclic) bond motifs is 6. The van der Waals surface area contributed by atoms with E-state index in [4.69, 9.17) is 22.3 Å². The standard InChI is InChI=1S/2C17H20FN5O3S.C10H10FNO2.C7H12N4O2S/c1-27(25,26)22-8-6-12-14(9-22)23(21-16(12)19)17(24)11-5-7-20-15-10(11)3-2-4-13(15)18;1-27(25,26)22-8-6-12-14(9-22)21-23(16(12)19)17(24)11-5-7-20-15-10(11)3-2-4-13(15)18;11-8-3-1-2-6-7(10(13)14)4-5-12-9(6)8;1-14(12,13)11-3-2-5-6(4-11)9-10-7(5)8/h2-4,11,20H,5-9H2,1H3,(H2,19,21);2-4,11,20H,5-9,19H2,1H3;1-3,7,12H,4-5H2,(H,13,14);2-4H2,1H3,(H3,8,9,10). The lowest BCUT2D eigenvalue weighted by atomic mass is 9.90. The van der Waals surface area contributed by atoms with Crippen molar-refractivity contribution < 1.29 is 57.9 Å². The number of para-hydroxylation sites is 3. The van der Waals surface area contributed by atoms with Crippen molar-refractivity contribution >= 4 is 82.4 Å². The predicted octanol–water partition coefficient (Wildman–Crippen LogP) is 3.44. The highest BCUT2D eigenvalue weighted by Crippen LogP contribution is 2.38. The minimum Gasteiger partial charge on any atom is -0.481 e. The number of halogens is 3. The van der Waals surface area contributed by atoms with Crippen LogP contribution >= 0.6 is 0 Å². The van der Waals surface area contributed by atoms with Gasteiger partial charge in [0.1, 0.15) is 34.9 Å². The average molecular weight is 1200 g/mol. The van der Waals surface area contributed by atoms with Gasteiger partial charge >= 0.3 is 5.97 Å². The third-order valence-corrected chi connectivity index (χ3v) is 19.0. The summed E-state index contributed by atoms with van der Waals surface area (Å²) < 4.78 is 118. The van der Waals surface area contributed by atoms with Gasteiger partial charge in [-0.1, -0.05) is 36.4 Å². The molecule has 11 N–H and O–H groups in total. The van der Waals surface area contributed by atoms with Crippen LogP contribution in [0.2, 0.25) is 0 Å². The van der Waals surface area contributed by atoms with E-state index in [0.717, 1.165) is 28.5 Å². The molecule has 25 nitrogen and oxygen atoms in total. The van der Waals surface area contributed by atoms with E-state index < -0.39 is 65.4 Å². The van der Waals surface area contributed by atoms with E-state index in [1.165, 1.54) is 48.1 Å². The first-order valence-electron chi connectivity index (χ1n) is 26.0. The number of carbonyl (C=O) groups excluding carboxylic acids is 2. The Bertz CT molecular complexity index is 3830. The highest BCUT2D eigenvalue weighted by atomic mass is 32.2. The van der Waals surface area contributed by atoms with E-state index in [1.54, 1.807) is 30.3 Å². The minimum atomic E-state index is -3.40. The maximum Gasteiger partial charge on any atom is 0.311 e. The highest BCUT2D eigenvalue weighted by molar-refractivity contribution is 7.88. The number of carbonyl (C=O) groups is 3. The van der Waals surface area contributed by atoms with E-state index in [1.807, 2.05) is 0 Å². The van der Waals surface area contributed by atoms with Crippen molar-refractivity contribution in [3.63, 3.8) is 0 Å². The second kappa shape index (κ2) is 23.3. The SMILES string of the molecule is CS(=O)(=O)N1CCc2c(N)n[nH]c2C1.CS(=O)(=O)N1CCc2c(N)nn(C(=O)C3CCNc4c(F)cccc43)c2C1.CS(=O)(=O)N1CCc2c(nn(C(=O)C3CCNc4c(F)cccc43)c2N)C1.O=C(O)C1CCNc2c(F)cccc21. The number of nitrogens with two attached hydrogens (primary N) is 3. The fraction of sp³-hybridized carbons (Fsp3) is 0.412. The number of hydrogen-bond acceptors (Lipinski definition) is 18. The molecular formula is C51H62F3N15O10S3. The maximum atomic E-state index is 14.1. The molecule has 0 amide bonds. The predicted molar refractivity (Wildman–Crippen MR) is 299 cm³/mol. The zero-order valence-electron chi connectivity index (χ0n) is 44.8. The molecule has 3 aromatic carbocycles. The smallest absolute Gasteiger partial charge is 0.311 e. The number of anilines is 6. The van der Waals surface area contributed by atoms with Crippen molar-refractivity contribution in [1.29, 1.82) is 0 Å². The Hall–Kier alpha value is -7.58. The normalized spacial score (nSPS) is 19.5. The Morgan fingerprint density at radius 3 is 1.48 bits per heavy atom. The summed E-state index contributed by atoms with van der Waals surface area (Å²) in [5, 5.41) is 32.9. The lowest BCUT2D eigenvalue weighted by Gasteiger charge is -2.28. The van der Waals surface area contributed by atoms with Crippen LogP contribution in [0, 0.1) is 17.5 Å². The highest BCUT2D eigenvalue weighted by Gasteiger charge is 2.37. The van der Waals surface area contributed by atoms with Crippen LogP contribution < -0.4 is 33.2 Å². The Morgan fingerprint density at radius 2 is 0.988 bits per heavy atom. The molecule has 0 bridgehead atoms. The van der Waals surface area contributed by atoms with Crippen LogP contribution in [0.1, 0.15) is 97.1 Å². The summed E-state index contributed by atoms with van der Waals surface area (Å²) in [5.41, 5.74) is 24.6. The molecular weight excluding hydrogens is 1140 g/mol. The number of benzene rings is 3. The topological polar surface area (TPSA) is 362 Å². The lowest BCUT2D eigenvalue weighted by Crippen LogP contribution is -2.37. The van der Waals surface area contributed by atoms with Crippen LogP contribution in [-0.4, -0.2) is 149 Å². The van der Waals surface area contributed by atoms with Gasteiger partial charge in [0.05, 0.1) is 90.3 Å². The van der Waals surface area contributed by atoms with Gasteiger partial charge in [0, 0.05) is 56.0 Å². The third-order valence-electron chi connectivity index (χ3n) is 15.2. The molecule has 3 atom stereocenters. The van der Waals surface area contributed by atoms with Crippen molar-refractivity contribution in [2.45, 2.75) is 75.9 Å². The minimum absolute atomic E-state index is 0.0467. The van der Waals surface area contributed by atoms with Crippen LogP contribution in [0.5, 0.6) is 0 Å². The van der Waals surface area contributed by atoms with Crippen molar-refractivity contribution in [1.82, 2.24) is 42.7 Å². The Balaban J connectivity index is 0.000000138. The zero-order chi connectivity index (χ0) is 59.2. The van der Waals surface area contributed by atoms with Gasteiger partial charge in [-0.3, -0.25) is 19.5 Å². The number of nitrogen functional groups attached to an aromatic ring is 3. The fourth-order valence-electron chi connectivity index (χ4n) is 10.9. The van der Waals surface area contributed by atoms with Crippen LogP contribution in [-0.2, 0) is 73.8 Å². The van der Waals surface area contributed by atoms with Gasteiger partial charge in [-0.2, -0.15) is 27.8 Å². The molecule has 9 heterocycles. The third kappa shape index (κ3) is 12.1. The van der Waals surface area contributed by atoms with Gasteiger partial charge in [0.25, 0.3) is 11.8 Å². The summed E-state index contributed by atoms with van der Waals surface area (Å²) in [4.78, 5) is 37.2. The van der Waals surface area contributed by atoms with Crippen LogP contribution in [0.15, 0.2) is 54.6 Å². The van der Waals surface area contributed by atoms with Gasteiger partial charge < -0.3 is 38.3 Å². The fourth-order valence-corrected chi connectivity index (χ4v) is 13.3. The van der Waals surface area contributed by atoms with E-state index in [0.29, 0.717) is 146 Å². The van der Waals surface area contributed by atoms with E-state index in [2.05, 4.69) is 36.3 Å². The number of carboxylic acids is 1. The molecule has 0 spiro atoms. The molecule has 31 heteroatoms. The summed E-state index contributed by atoms with van der Waals surface area (Å²) in [5.74, 6) is -3.51. The Morgan fingerprint density at radius 1 is 0.561 bits per heavy atom. The van der Waals surface area contributed by atoms with E-state index in [9.17, 15) is 52.8 Å². The van der Waals surface area contributed by atoms with Crippen molar-refractivity contribution in [3.8, 4) is 0 Å². The molecule has 6 aromatic rings. The molecule has 0 radical (unpaired) electrons. The second-order valence-corrected chi connectivity index (χ2v) is 26.4. The van der Waals surface area contributed by atoms with Gasteiger partial charge in [0.2, 0.25) is 30.1 Å². The number of H-pyrrole nitrogens is 1. The van der Waals surface area contributed by atoms with E-state index >= 15 is 0 Å². The number of aromatic amines is 1. The van der Waals surface area contributed by atoms with Crippen molar-refractivity contribution in [2.75, 3.05) is 91.2 Å². The number of nitrogens with one attached hydrogen (secondary N) is 4. The number of carboxylic acid groups (broad SMARTS) is 1. The molecule has 0 fully saturated rings. The Labute approximate surface area is 470 Å². The monoisotopic (exact) mass is 1200 g/mol. The van der Waals surface area contributed by atoms with Gasteiger partial charge in [-0.15, -0.1) is 5.10 Å². The Kier molecular flexibility index (Phi) is 16.8. The maximum absolute atomic E-state index is 14.1. The van der Waals surface area contributed by atoms with Gasteiger partial charge in [-0.25, -0.2) is 43.1 Å². The van der Waals surface area contributed by atoms with Crippen LogP contribution in [0.4, 0.5) is 47.7 Å². The van der Waals surface area contributed by atoms with Crippen LogP contribution in [0.3, 0.4) is 0 Å². The van der Waals surface area contributed by atoms with Crippen molar-refractivity contribution in [2.24, 2.45) is 0 Å². The number of sulfonamides is 3. The van der Waals surface area contributed by atoms with Gasteiger partial charge in [-0.05, 0) is 73.4 Å². The quantitative estimate of drug-likeness (QED) is 0.118. The summed E-state index contributed by atoms with van der Waals surface area (Å²) in [7, 11) is -9.86. The molecule has 440 valence electrons. The second-order valence-electron chi connectivity index (χ2n) is 20.5. The molecule has 6 aliphatic rings. The molecule has 0 saturated carbocycles. The first-order chi connectivity index (χ1) is 38.7. The molecule has 12 rings (SSSR count). The first kappa shape index (κ1) is 59.1. The van der Waals surface area contributed by atoms with Gasteiger partial charge in [0.15, 0.2) is 0 Å². The molecule has 82 heavy (non-hydrogen) atoms. The van der Waals surface area contributed by atoms with Crippen LogP contribution in [0.25, 0.3) is 0 Å². The zero-order valence-corrected chi connectivity index (χ0v) is 47.3. The van der Waals surface area contributed by atoms with E-state index in [-0.39, 0.29) is 42.4 Å². The number of aromatic nitrogens is 6. The number of aliphatic carboxylic acids is 1. The first-order valence-corrected chi connectivity index (χ1v) is 31.5. The molecule has 0 saturated heterocycles. The van der Waals surface area contributed by atoms with Crippen molar-refractivity contribution in [3.05, 3.63) is 123 Å². The number of rotatable bonds is 6.